The van der Waals surface area contributed by atoms with Gasteiger partial charge in [-0.25, -0.2) is 0 Å². The normalized spacial score (nSPS) is 10.3. The first-order valence-corrected chi connectivity index (χ1v) is 5.20. The van der Waals surface area contributed by atoms with E-state index in [0.29, 0.717) is 13.0 Å². The van der Waals surface area contributed by atoms with Gasteiger partial charge in [-0.2, -0.15) is 0 Å². The Morgan fingerprint density at radius 3 is 2.92 bits per heavy atom. The molecule has 2 nitrogen and oxygen atoms in total. The third-order valence-corrected chi connectivity index (χ3v) is 2.76. The molecule has 0 N–H and O–H groups in total. The van der Waals surface area contributed by atoms with Crippen LogP contribution in [0.3, 0.4) is 0 Å². The van der Waals surface area contributed by atoms with E-state index in [-0.39, 0.29) is 5.78 Å². The number of hydrogen-bond acceptors (Lipinski definition) is 3. The van der Waals surface area contributed by atoms with Gasteiger partial charge in [0, 0.05) is 30.6 Å². The minimum absolute atomic E-state index is 0.232. The Labute approximate surface area is 82.5 Å². The van der Waals surface area contributed by atoms with Crippen LogP contribution < -0.4 is 0 Å². The minimum Gasteiger partial charge on any atom is -0.385 e. The highest BCUT2D eigenvalue weighted by Gasteiger charge is 2.08. The van der Waals surface area contributed by atoms with Gasteiger partial charge in [-0.05, 0) is 24.8 Å². The lowest BCUT2D eigenvalue weighted by molar-refractivity contribution is 0.0963. The maximum Gasteiger partial charge on any atom is 0.164 e. The molecule has 0 fully saturated rings. The monoisotopic (exact) mass is 198 g/mol. The van der Waals surface area contributed by atoms with Crippen LogP contribution in [0.2, 0.25) is 0 Å². The second-order valence-electron chi connectivity index (χ2n) is 2.91. The average molecular weight is 198 g/mol. The number of ether oxygens (including phenoxy) is 1. The third kappa shape index (κ3) is 2.94. The molecule has 0 bridgehead atoms. The van der Waals surface area contributed by atoms with Crippen molar-refractivity contribution in [2.75, 3.05) is 13.7 Å². The fraction of sp³-hybridized carbons (Fsp3) is 0.500. The third-order valence-electron chi connectivity index (χ3n) is 1.91. The molecule has 0 aliphatic heterocycles. The summed E-state index contributed by atoms with van der Waals surface area (Å²) in [5.41, 5.74) is 0.876. The van der Waals surface area contributed by atoms with Crippen molar-refractivity contribution >= 4 is 17.1 Å². The number of ketones is 1. The molecule has 1 heterocycles. The van der Waals surface area contributed by atoms with Gasteiger partial charge in [0.1, 0.15) is 0 Å². The van der Waals surface area contributed by atoms with Crippen LogP contribution in [0.4, 0.5) is 0 Å². The molecule has 0 aliphatic carbocycles. The van der Waals surface area contributed by atoms with E-state index in [4.69, 9.17) is 4.74 Å². The van der Waals surface area contributed by atoms with Crippen LogP contribution in [0.5, 0.6) is 0 Å². The highest BCUT2D eigenvalue weighted by atomic mass is 32.1. The van der Waals surface area contributed by atoms with Crippen LogP contribution in [0.15, 0.2) is 11.4 Å². The topological polar surface area (TPSA) is 26.3 Å². The second kappa shape index (κ2) is 5.14. The van der Waals surface area contributed by atoms with Gasteiger partial charge in [-0.3, -0.25) is 4.79 Å². The molecular weight excluding hydrogens is 184 g/mol. The summed E-state index contributed by atoms with van der Waals surface area (Å²) in [6.45, 7) is 2.64. The highest BCUT2D eigenvalue weighted by molar-refractivity contribution is 7.10. The molecule has 3 heteroatoms. The lowest BCUT2D eigenvalue weighted by atomic mass is 10.1. The number of thiophene rings is 1. The molecule has 1 aromatic heterocycles. The number of Topliss-reactive ketones (excluding diaryl/α,β-unsaturated/α-hetero) is 1. The Morgan fingerprint density at radius 1 is 1.62 bits per heavy atom. The van der Waals surface area contributed by atoms with Gasteiger partial charge in [0.05, 0.1) is 0 Å². The van der Waals surface area contributed by atoms with Gasteiger partial charge in [0.2, 0.25) is 0 Å². The molecule has 0 saturated carbocycles. The molecule has 0 spiro atoms. The molecule has 0 unspecified atom stereocenters. The van der Waals surface area contributed by atoms with Gasteiger partial charge in [0.15, 0.2) is 5.78 Å². The summed E-state index contributed by atoms with van der Waals surface area (Å²) in [6, 6.07) is 1.90. The molecule has 1 aromatic rings. The molecule has 0 radical (unpaired) electrons. The first kappa shape index (κ1) is 10.4. The Kier molecular flexibility index (Phi) is 4.12. The van der Waals surface area contributed by atoms with Crippen molar-refractivity contribution in [3.8, 4) is 0 Å². The first-order valence-electron chi connectivity index (χ1n) is 4.32. The molecular formula is C10H14O2S. The maximum atomic E-state index is 11.6. The zero-order valence-corrected chi connectivity index (χ0v) is 8.82. The molecule has 0 amide bonds. The van der Waals surface area contributed by atoms with E-state index < -0.39 is 0 Å². The summed E-state index contributed by atoms with van der Waals surface area (Å²) < 4.78 is 4.89. The van der Waals surface area contributed by atoms with Crippen molar-refractivity contribution in [3.05, 3.63) is 21.9 Å². The van der Waals surface area contributed by atoms with Gasteiger partial charge < -0.3 is 4.74 Å². The SMILES string of the molecule is COCCCC(=O)c1ccsc1C. The van der Waals surface area contributed by atoms with E-state index in [0.717, 1.165) is 16.9 Å². The minimum atomic E-state index is 0.232. The summed E-state index contributed by atoms with van der Waals surface area (Å²) in [5.74, 6) is 0.232. The molecule has 72 valence electrons. The molecule has 1 rings (SSSR count). The number of carbonyl (C=O) groups excluding carboxylic acids is 1. The quantitative estimate of drug-likeness (QED) is 0.537. The Balaban J connectivity index is 2.45. The van der Waals surface area contributed by atoms with E-state index in [9.17, 15) is 4.79 Å². The van der Waals surface area contributed by atoms with Crippen molar-refractivity contribution in [1.29, 1.82) is 0 Å². The predicted octanol–water partition coefficient (Wildman–Crippen LogP) is 2.67. The lowest BCUT2D eigenvalue weighted by Gasteiger charge is -1.99. The number of rotatable bonds is 5. The van der Waals surface area contributed by atoms with Crippen molar-refractivity contribution in [3.63, 3.8) is 0 Å². The van der Waals surface area contributed by atoms with Crippen molar-refractivity contribution in [2.24, 2.45) is 0 Å². The fourth-order valence-corrected chi connectivity index (χ4v) is 1.90. The molecule has 13 heavy (non-hydrogen) atoms. The maximum absolute atomic E-state index is 11.6. The largest absolute Gasteiger partial charge is 0.385 e. The smallest absolute Gasteiger partial charge is 0.164 e. The fourth-order valence-electron chi connectivity index (χ4n) is 1.19. The number of aryl methyl sites for hydroxylation is 1. The van der Waals surface area contributed by atoms with E-state index >= 15 is 0 Å². The second-order valence-corrected chi connectivity index (χ2v) is 4.03. The van der Waals surface area contributed by atoms with Gasteiger partial charge in [0.25, 0.3) is 0 Å². The Morgan fingerprint density at radius 2 is 2.38 bits per heavy atom. The lowest BCUT2D eigenvalue weighted by Crippen LogP contribution is -2.01. The van der Waals surface area contributed by atoms with Crippen LogP contribution in [0.1, 0.15) is 28.1 Å². The zero-order chi connectivity index (χ0) is 9.68. The molecule has 0 aliphatic rings. The average Bonchev–Trinajstić information content (AvgIpc) is 2.52. The number of hydrogen-bond donors (Lipinski definition) is 0. The number of carbonyl (C=O) groups is 1. The van der Waals surface area contributed by atoms with E-state index in [1.807, 2.05) is 18.4 Å². The Bertz CT molecular complexity index is 278. The summed E-state index contributed by atoms with van der Waals surface area (Å²) in [7, 11) is 1.65. The standard InChI is InChI=1S/C10H14O2S/c1-8-9(5-7-13-8)10(11)4-3-6-12-2/h5,7H,3-4,6H2,1-2H3. The van der Waals surface area contributed by atoms with Crippen LogP contribution in [-0.4, -0.2) is 19.5 Å². The summed E-state index contributed by atoms with van der Waals surface area (Å²) >= 11 is 1.62. The molecule has 0 saturated heterocycles. The predicted molar refractivity (Wildman–Crippen MR) is 54.5 cm³/mol. The summed E-state index contributed by atoms with van der Waals surface area (Å²) in [6.07, 6.45) is 1.40. The van der Waals surface area contributed by atoms with E-state index in [2.05, 4.69) is 0 Å². The van der Waals surface area contributed by atoms with Crippen LogP contribution in [0, 0.1) is 6.92 Å². The van der Waals surface area contributed by atoms with Gasteiger partial charge in [-0.1, -0.05) is 0 Å². The number of methoxy groups -OCH3 is 1. The van der Waals surface area contributed by atoms with Crippen LogP contribution >= 0.6 is 11.3 Å². The van der Waals surface area contributed by atoms with Crippen LogP contribution in [-0.2, 0) is 4.74 Å². The Hall–Kier alpha value is -0.670. The van der Waals surface area contributed by atoms with Crippen molar-refractivity contribution in [1.82, 2.24) is 0 Å². The van der Waals surface area contributed by atoms with Gasteiger partial charge >= 0.3 is 0 Å². The van der Waals surface area contributed by atoms with E-state index in [1.165, 1.54) is 0 Å². The van der Waals surface area contributed by atoms with Crippen LogP contribution in [0.25, 0.3) is 0 Å². The summed E-state index contributed by atoms with van der Waals surface area (Å²) in [4.78, 5) is 12.7. The molecule has 0 atom stereocenters. The summed E-state index contributed by atoms with van der Waals surface area (Å²) in [5, 5.41) is 1.96. The molecule has 0 aromatic carbocycles. The van der Waals surface area contributed by atoms with Crippen molar-refractivity contribution < 1.29 is 9.53 Å². The van der Waals surface area contributed by atoms with Crippen molar-refractivity contribution in [2.45, 2.75) is 19.8 Å². The zero-order valence-electron chi connectivity index (χ0n) is 8.00. The first-order chi connectivity index (χ1) is 6.25. The van der Waals surface area contributed by atoms with E-state index in [1.54, 1.807) is 18.4 Å². The highest BCUT2D eigenvalue weighted by Crippen LogP contribution is 2.17. The van der Waals surface area contributed by atoms with Gasteiger partial charge in [-0.15, -0.1) is 11.3 Å².